The van der Waals surface area contributed by atoms with Gasteiger partial charge in [-0.15, -0.1) is 0 Å². The molecule has 1 unspecified atom stereocenters. The monoisotopic (exact) mass is 507 g/mol. The fraction of sp³-hybridized carbons (Fsp3) is 0.467. The maximum Gasteiger partial charge on any atom is 0.295 e. The van der Waals surface area contributed by atoms with E-state index in [0.29, 0.717) is 48.8 Å². The van der Waals surface area contributed by atoms with Crippen LogP contribution in [-0.4, -0.2) is 54.7 Å². The van der Waals surface area contributed by atoms with E-state index < -0.39 is 17.7 Å². The third-order valence-electron chi connectivity index (χ3n) is 6.96. The van der Waals surface area contributed by atoms with Gasteiger partial charge in [0.25, 0.3) is 11.7 Å². The molecule has 1 atom stereocenters. The van der Waals surface area contributed by atoms with Gasteiger partial charge in [-0.1, -0.05) is 18.2 Å². The van der Waals surface area contributed by atoms with Gasteiger partial charge in [0.2, 0.25) is 0 Å². The van der Waals surface area contributed by atoms with Crippen LogP contribution in [0.2, 0.25) is 0 Å². The molecule has 0 spiro atoms. The minimum atomic E-state index is -0.750. The van der Waals surface area contributed by atoms with Crippen molar-refractivity contribution in [2.75, 3.05) is 26.9 Å². The molecular weight excluding hydrogens is 470 g/mol. The number of carbonyl (C=O) groups is 2. The number of aryl methyl sites for hydroxylation is 2. The molecule has 0 aromatic heterocycles. The number of ketones is 1. The zero-order valence-corrected chi connectivity index (χ0v) is 22.2. The van der Waals surface area contributed by atoms with Crippen molar-refractivity contribution in [1.82, 2.24) is 4.90 Å². The average Bonchev–Trinajstić information content (AvgIpc) is 3.15. The number of nitrogens with zero attached hydrogens (tertiary/aromatic N) is 1. The number of benzene rings is 2. The molecule has 2 aliphatic rings. The van der Waals surface area contributed by atoms with Crippen molar-refractivity contribution in [1.29, 1.82) is 0 Å². The van der Waals surface area contributed by atoms with Crippen LogP contribution >= 0.6 is 0 Å². The van der Waals surface area contributed by atoms with Gasteiger partial charge in [0.05, 0.1) is 31.4 Å². The molecule has 1 fully saturated rings. The molecular formula is C30H37NO6. The van der Waals surface area contributed by atoms with Gasteiger partial charge in [0.1, 0.15) is 5.76 Å². The molecule has 0 bridgehead atoms. The van der Waals surface area contributed by atoms with Crippen LogP contribution in [-0.2, 0) is 27.2 Å². The van der Waals surface area contributed by atoms with E-state index in [9.17, 15) is 14.7 Å². The van der Waals surface area contributed by atoms with Gasteiger partial charge in [-0.2, -0.15) is 0 Å². The van der Waals surface area contributed by atoms with Crippen molar-refractivity contribution in [3.63, 3.8) is 0 Å². The highest BCUT2D eigenvalue weighted by molar-refractivity contribution is 6.46. The van der Waals surface area contributed by atoms with Crippen LogP contribution in [0.3, 0.4) is 0 Å². The maximum absolute atomic E-state index is 13.4. The summed E-state index contributed by atoms with van der Waals surface area (Å²) < 4.78 is 16.9. The Morgan fingerprint density at radius 3 is 2.51 bits per heavy atom. The fourth-order valence-electron chi connectivity index (χ4n) is 5.18. The summed E-state index contributed by atoms with van der Waals surface area (Å²) in [7, 11) is 1.56. The minimum absolute atomic E-state index is 0.0746. The highest BCUT2D eigenvalue weighted by atomic mass is 16.5. The predicted molar refractivity (Wildman–Crippen MR) is 142 cm³/mol. The Bertz CT molecular complexity index is 1180. The van der Waals surface area contributed by atoms with Crippen molar-refractivity contribution >= 4 is 17.4 Å². The average molecular weight is 508 g/mol. The van der Waals surface area contributed by atoms with Gasteiger partial charge in [-0.25, -0.2) is 0 Å². The number of amides is 1. The lowest BCUT2D eigenvalue weighted by molar-refractivity contribution is -0.140. The van der Waals surface area contributed by atoms with E-state index in [-0.39, 0.29) is 17.4 Å². The Morgan fingerprint density at radius 2 is 1.81 bits per heavy atom. The first-order valence-corrected chi connectivity index (χ1v) is 13.2. The molecule has 7 heteroatoms. The summed E-state index contributed by atoms with van der Waals surface area (Å²) in [5.41, 5.74) is 3.80. The van der Waals surface area contributed by atoms with E-state index in [0.717, 1.165) is 25.7 Å². The number of methoxy groups -OCH3 is 1. The SMILES string of the molecule is CCOc1cc(C2/C(=C(\O)c3ccc4c(c3)CCCC4)C(=O)C(=O)N2CCCOC(C)C)ccc1OC. The van der Waals surface area contributed by atoms with Crippen LogP contribution in [0.5, 0.6) is 11.5 Å². The fourth-order valence-corrected chi connectivity index (χ4v) is 5.18. The van der Waals surface area contributed by atoms with Gasteiger partial charge in [-0.3, -0.25) is 9.59 Å². The quantitative estimate of drug-likeness (QED) is 0.206. The second-order valence-electron chi connectivity index (χ2n) is 9.80. The maximum atomic E-state index is 13.4. The molecule has 0 radical (unpaired) electrons. The van der Waals surface area contributed by atoms with Crippen molar-refractivity contribution in [3.05, 3.63) is 64.2 Å². The molecule has 1 aliphatic heterocycles. The van der Waals surface area contributed by atoms with Crippen LogP contribution in [0.4, 0.5) is 0 Å². The topological polar surface area (TPSA) is 85.3 Å². The Labute approximate surface area is 219 Å². The summed E-state index contributed by atoms with van der Waals surface area (Å²) in [5.74, 6) is -0.374. The summed E-state index contributed by atoms with van der Waals surface area (Å²) in [4.78, 5) is 28.2. The number of Topliss-reactive ketones (excluding diaryl/α,β-unsaturated/α-hetero) is 1. The molecule has 1 amide bonds. The van der Waals surface area contributed by atoms with E-state index in [2.05, 4.69) is 0 Å². The number of rotatable bonds is 10. The van der Waals surface area contributed by atoms with Crippen molar-refractivity contribution < 1.29 is 28.9 Å². The van der Waals surface area contributed by atoms with Crippen LogP contribution in [0.25, 0.3) is 5.76 Å². The van der Waals surface area contributed by atoms with Crippen LogP contribution in [0.15, 0.2) is 42.0 Å². The highest BCUT2D eigenvalue weighted by Gasteiger charge is 2.46. The third kappa shape index (κ3) is 5.67. The highest BCUT2D eigenvalue weighted by Crippen LogP contribution is 2.42. The van der Waals surface area contributed by atoms with Gasteiger partial charge in [0, 0.05) is 18.7 Å². The van der Waals surface area contributed by atoms with Gasteiger partial charge in [-0.05, 0) is 87.8 Å². The summed E-state index contributed by atoms with van der Waals surface area (Å²) >= 11 is 0. The number of carbonyl (C=O) groups excluding carboxylic acids is 2. The third-order valence-corrected chi connectivity index (χ3v) is 6.96. The van der Waals surface area contributed by atoms with Crippen LogP contribution in [0.1, 0.15) is 68.3 Å². The number of hydrogen-bond acceptors (Lipinski definition) is 6. The number of likely N-dealkylation sites (tertiary alicyclic amines) is 1. The lowest BCUT2D eigenvalue weighted by Crippen LogP contribution is -2.31. The lowest BCUT2D eigenvalue weighted by atomic mass is 9.88. The first-order valence-electron chi connectivity index (χ1n) is 13.2. The summed E-state index contributed by atoms with van der Waals surface area (Å²) in [6.07, 6.45) is 4.86. The van der Waals surface area contributed by atoms with Crippen LogP contribution < -0.4 is 9.47 Å². The number of hydrogen-bond donors (Lipinski definition) is 1. The molecule has 2 aromatic rings. The number of ether oxygens (including phenoxy) is 3. The summed E-state index contributed by atoms with van der Waals surface area (Å²) in [6.45, 7) is 7.00. The van der Waals surface area contributed by atoms with Gasteiger partial charge < -0.3 is 24.2 Å². The van der Waals surface area contributed by atoms with E-state index in [1.165, 1.54) is 16.0 Å². The number of fused-ring (bicyclic) bond motifs is 1. The minimum Gasteiger partial charge on any atom is -0.507 e. The first-order chi connectivity index (χ1) is 17.8. The first kappa shape index (κ1) is 26.7. The standard InChI is InChI=1S/C30H37NO6/c1-5-36-25-18-22(13-14-24(25)35-4)27-26(29(33)30(34)31(27)15-8-16-37-19(2)3)28(32)23-12-11-20-9-6-7-10-21(20)17-23/h11-14,17-19,27,32H,5-10,15-16H2,1-4H3/b28-26+. The molecule has 0 saturated carbocycles. The summed E-state index contributed by atoms with van der Waals surface area (Å²) in [6, 6.07) is 10.5. The molecule has 7 nitrogen and oxygen atoms in total. The molecule has 1 saturated heterocycles. The van der Waals surface area contributed by atoms with Crippen molar-refractivity contribution in [2.24, 2.45) is 0 Å². The molecule has 1 aliphatic carbocycles. The normalized spacial score (nSPS) is 18.8. The Morgan fingerprint density at radius 1 is 1.05 bits per heavy atom. The molecule has 198 valence electrons. The smallest absolute Gasteiger partial charge is 0.295 e. The van der Waals surface area contributed by atoms with E-state index in [1.807, 2.05) is 45.0 Å². The lowest BCUT2D eigenvalue weighted by Gasteiger charge is -2.26. The largest absolute Gasteiger partial charge is 0.507 e. The van der Waals surface area contributed by atoms with Gasteiger partial charge >= 0.3 is 0 Å². The number of aliphatic hydroxyl groups excluding tert-OH is 1. The second kappa shape index (κ2) is 11.8. The zero-order valence-electron chi connectivity index (χ0n) is 22.2. The Balaban J connectivity index is 1.78. The molecule has 37 heavy (non-hydrogen) atoms. The van der Waals surface area contributed by atoms with Crippen molar-refractivity contribution in [3.8, 4) is 11.5 Å². The molecule has 1 heterocycles. The van der Waals surface area contributed by atoms with E-state index in [1.54, 1.807) is 19.2 Å². The Hall–Kier alpha value is -3.32. The Kier molecular flexibility index (Phi) is 8.54. The van der Waals surface area contributed by atoms with Crippen molar-refractivity contribution in [2.45, 2.75) is 65.0 Å². The molecule has 2 aromatic carbocycles. The summed E-state index contributed by atoms with van der Waals surface area (Å²) in [5, 5.41) is 11.5. The zero-order chi connectivity index (χ0) is 26.5. The molecule has 1 N–H and O–H groups in total. The van der Waals surface area contributed by atoms with Gasteiger partial charge in [0.15, 0.2) is 11.5 Å². The van der Waals surface area contributed by atoms with E-state index in [4.69, 9.17) is 14.2 Å². The number of aliphatic hydroxyl groups is 1. The molecule has 4 rings (SSSR count). The predicted octanol–water partition coefficient (Wildman–Crippen LogP) is 5.21. The van der Waals surface area contributed by atoms with Crippen LogP contribution in [0, 0.1) is 0 Å². The second-order valence-corrected chi connectivity index (χ2v) is 9.80. The van der Waals surface area contributed by atoms with E-state index >= 15 is 0 Å².